The number of nitrogens with one attached hydrogen (secondary N) is 1. The van der Waals surface area contributed by atoms with Gasteiger partial charge in [0, 0.05) is 15.7 Å². The van der Waals surface area contributed by atoms with Crippen LogP contribution in [0.25, 0.3) is 0 Å². The Bertz CT molecular complexity index is 361. The highest BCUT2D eigenvalue weighted by atomic mass is 127. The van der Waals surface area contributed by atoms with Gasteiger partial charge in [-0.1, -0.05) is 0 Å². The minimum absolute atomic E-state index is 0.507. The number of carbonyl (C=O) groups excluding carboxylic acids is 1. The molecule has 1 rings (SSSR count). The van der Waals surface area contributed by atoms with Crippen LogP contribution in [-0.2, 0) is 4.79 Å². The zero-order valence-corrected chi connectivity index (χ0v) is 10.3. The lowest BCUT2D eigenvalue weighted by Gasteiger charge is -2.07. The van der Waals surface area contributed by atoms with E-state index >= 15 is 0 Å². The second-order valence-electron chi connectivity index (χ2n) is 3.17. The molecule has 0 bridgehead atoms. The molecule has 16 heavy (non-hydrogen) atoms. The van der Waals surface area contributed by atoms with E-state index in [1.165, 1.54) is 0 Å². The number of carbonyl (C=O) groups is 1. The minimum atomic E-state index is -4.29. The van der Waals surface area contributed by atoms with E-state index in [1.54, 1.807) is 24.3 Å². The van der Waals surface area contributed by atoms with Crippen molar-refractivity contribution in [1.29, 1.82) is 0 Å². The largest absolute Gasteiger partial charge is 0.389 e. The molecule has 1 N–H and O–H groups in total. The molecule has 0 heterocycles. The lowest BCUT2D eigenvalue weighted by atomic mass is 10.2. The van der Waals surface area contributed by atoms with Crippen molar-refractivity contribution in [2.24, 2.45) is 0 Å². The Morgan fingerprint density at radius 2 is 1.81 bits per heavy atom. The lowest BCUT2D eigenvalue weighted by Crippen LogP contribution is -2.16. The van der Waals surface area contributed by atoms with Crippen molar-refractivity contribution in [3.8, 4) is 0 Å². The van der Waals surface area contributed by atoms with Gasteiger partial charge in [-0.3, -0.25) is 4.79 Å². The second kappa shape index (κ2) is 5.51. The van der Waals surface area contributed by atoms with Gasteiger partial charge in [0.1, 0.15) is 0 Å². The fourth-order valence-electron chi connectivity index (χ4n) is 1.01. The molecule has 0 atom stereocenters. The fraction of sp³-hybridized carbons (Fsp3) is 0.300. The highest BCUT2D eigenvalue weighted by molar-refractivity contribution is 14.1. The summed E-state index contributed by atoms with van der Waals surface area (Å²) in [5, 5.41) is 2.40. The van der Waals surface area contributed by atoms with Crippen LogP contribution in [0, 0.1) is 3.57 Å². The summed E-state index contributed by atoms with van der Waals surface area (Å²) >= 11 is 2.10. The molecule has 0 unspecified atom stereocenters. The molecular weight excluding hydrogens is 334 g/mol. The number of halogens is 4. The molecule has 2 nitrogen and oxygen atoms in total. The molecule has 1 amide bonds. The van der Waals surface area contributed by atoms with Gasteiger partial charge in [0.2, 0.25) is 5.91 Å². The molecule has 0 aliphatic rings. The zero-order chi connectivity index (χ0) is 12.2. The zero-order valence-electron chi connectivity index (χ0n) is 8.14. The molecule has 0 spiro atoms. The van der Waals surface area contributed by atoms with Gasteiger partial charge < -0.3 is 5.32 Å². The van der Waals surface area contributed by atoms with Crippen LogP contribution >= 0.6 is 22.6 Å². The van der Waals surface area contributed by atoms with E-state index in [2.05, 4.69) is 27.9 Å². The smallest absolute Gasteiger partial charge is 0.326 e. The van der Waals surface area contributed by atoms with Crippen LogP contribution in [0.1, 0.15) is 12.8 Å². The lowest BCUT2D eigenvalue weighted by molar-refractivity contribution is -0.142. The van der Waals surface area contributed by atoms with E-state index in [0.29, 0.717) is 5.69 Å². The molecule has 0 fully saturated rings. The van der Waals surface area contributed by atoms with E-state index in [9.17, 15) is 18.0 Å². The molecule has 88 valence electrons. The van der Waals surface area contributed by atoms with Crippen LogP contribution in [0.5, 0.6) is 0 Å². The van der Waals surface area contributed by atoms with Crippen molar-refractivity contribution in [3.05, 3.63) is 27.8 Å². The second-order valence-corrected chi connectivity index (χ2v) is 4.42. The number of anilines is 1. The van der Waals surface area contributed by atoms with Crippen LogP contribution < -0.4 is 5.32 Å². The van der Waals surface area contributed by atoms with Crippen molar-refractivity contribution < 1.29 is 18.0 Å². The first-order chi connectivity index (χ1) is 7.37. The van der Waals surface area contributed by atoms with Gasteiger partial charge in [-0.05, 0) is 46.9 Å². The summed E-state index contributed by atoms with van der Waals surface area (Å²) in [6.07, 6.45) is -5.93. The van der Waals surface area contributed by atoms with Crippen LogP contribution in [0.3, 0.4) is 0 Å². The summed E-state index contributed by atoms with van der Waals surface area (Å²) in [6.45, 7) is 0. The van der Waals surface area contributed by atoms with Crippen molar-refractivity contribution in [1.82, 2.24) is 0 Å². The third-order valence-electron chi connectivity index (χ3n) is 1.76. The SMILES string of the molecule is O=C(CCC(F)(F)F)Nc1ccc(I)cc1. The molecule has 1 aromatic carbocycles. The summed E-state index contributed by atoms with van der Waals surface area (Å²) in [7, 11) is 0. The van der Waals surface area contributed by atoms with E-state index in [-0.39, 0.29) is 0 Å². The first-order valence-electron chi connectivity index (χ1n) is 4.49. The van der Waals surface area contributed by atoms with E-state index in [0.717, 1.165) is 3.57 Å². The topological polar surface area (TPSA) is 29.1 Å². The van der Waals surface area contributed by atoms with E-state index < -0.39 is 24.9 Å². The van der Waals surface area contributed by atoms with E-state index in [4.69, 9.17) is 0 Å². The summed E-state index contributed by atoms with van der Waals surface area (Å²) in [5.74, 6) is -0.626. The van der Waals surface area contributed by atoms with Gasteiger partial charge in [-0.2, -0.15) is 13.2 Å². The van der Waals surface area contributed by atoms with E-state index in [1.807, 2.05) is 0 Å². The maximum absolute atomic E-state index is 11.8. The monoisotopic (exact) mass is 343 g/mol. The molecule has 0 radical (unpaired) electrons. The maximum Gasteiger partial charge on any atom is 0.389 e. The molecule has 0 aromatic heterocycles. The molecular formula is C10H9F3INO. The molecule has 0 saturated heterocycles. The Morgan fingerprint density at radius 3 is 2.31 bits per heavy atom. The highest BCUT2D eigenvalue weighted by Crippen LogP contribution is 2.21. The van der Waals surface area contributed by atoms with Gasteiger partial charge in [0.15, 0.2) is 0 Å². The summed E-state index contributed by atoms with van der Waals surface area (Å²) < 4.78 is 36.5. The van der Waals surface area contributed by atoms with Gasteiger partial charge in [0.25, 0.3) is 0 Å². The quantitative estimate of drug-likeness (QED) is 0.836. The Morgan fingerprint density at radius 1 is 1.25 bits per heavy atom. The normalized spacial score (nSPS) is 11.2. The minimum Gasteiger partial charge on any atom is -0.326 e. The van der Waals surface area contributed by atoms with Crippen LogP contribution in [-0.4, -0.2) is 12.1 Å². The first kappa shape index (κ1) is 13.3. The van der Waals surface area contributed by atoms with Gasteiger partial charge in [-0.15, -0.1) is 0 Å². The number of hydrogen-bond donors (Lipinski definition) is 1. The number of hydrogen-bond acceptors (Lipinski definition) is 1. The fourth-order valence-corrected chi connectivity index (χ4v) is 1.37. The number of amides is 1. The Hall–Kier alpha value is -0.790. The highest BCUT2D eigenvalue weighted by Gasteiger charge is 2.27. The molecule has 1 aromatic rings. The summed E-state index contributed by atoms with van der Waals surface area (Å²) in [6, 6.07) is 6.82. The van der Waals surface area contributed by atoms with Crippen molar-refractivity contribution in [2.45, 2.75) is 19.0 Å². The number of alkyl halides is 3. The molecule has 6 heteroatoms. The standard InChI is InChI=1S/C10H9F3INO/c11-10(12,13)6-5-9(16)15-8-3-1-7(14)2-4-8/h1-4H,5-6H2,(H,15,16). The number of benzene rings is 1. The average Bonchev–Trinajstić information content (AvgIpc) is 2.18. The summed E-state index contributed by atoms with van der Waals surface area (Å²) in [4.78, 5) is 11.1. The van der Waals surface area contributed by atoms with Crippen LogP contribution in [0.2, 0.25) is 0 Å². The Labute approximate surface area is 104 Å². The van der Waals surface area contributed by atoms with Crippen LogP contribution in [0.15, 0.2) is 24.3 Å². The van der Waals surface area contributed by atoms with Crippen molar-refractivity contribution in [3.63, 3.8) is 0 Å². The van der Waals surface area contributed by atoms with Gasteiger partial charge >= 0.3 is 6.18 Å². The molecule has 0 aliphatic carbocycles. The van der Waals surface area contributed by atoms with Gasteiger partial charge in [0.05, 0.1) is 6.42 Å². The molecule has 0 saturated carbocycles. The number of rotatable bonds is 3. The summed E-state index contributed by atoms with van der Waals surface area (Å²) in [5.41, 5.74) is 0.507. The van der Waals surface area contributed by atoms with Crippen molar-refractivity contribution >= 4 is 34.2 Å². The Balaban J connectivity index is 2.43. The predicted octanol–water partition coefficient (Wildman–Crippen LogP) is 3.57. The third kappa shape index (κ3) is 5.34. The Kier molecular flexibility index (Phi) is 4.57. The predicted molar refractivity (Wildman–Crippen MR) is 63.1 cm³/mol. The third-order valence-corrected chi connectivity index (χ3v) is 2.48. The maximum atomic E-state index is 11.8. The van der Waals surface area contributed by atoms with Gasteiger partial charge in [-0.25, -0.2) is 0 Å². The van der Waals surface area contributed by atoms with Crippen molar-refractivity contribution in [2.75, 3.05) is 5.32 Å². The van der Waals surface area contributed by atoms with Crippen LogP contribution in [0.4, 0.5) is 18.9 Å². The first-order valence-corrected chi connectivity index (χ1v) is 5.57. The average molecular weight is 343 g/mol. The molecule has 0 aliphatic heterocycles.